The van der Waals surface area contributed by atoms with Gasteiger partial charge in [-0.2, -0.15) is 16.1 Å². The molecule has 0 saturated heterocycles. The molecule has 0 atom stereocenters. The number of aromatic nitrogens is 2. The molecule has 0 aliphatic carbocycles. The van der Waals surface area contributed by atoms with E-state index in [2.05, 4.69) is 10.3 Å². The summed E-state index contributed by atoms with van der Waals surface area (Å²) in [5.74, 6) is 1.33. The van der Waals surface area contributed by atoms with Crippen LogP contribution in [-0.4, -0.2) is 41.5 Å². The fraction of sp³-hybridized carbons (Fsp3) is 0.200. The largest absolute Gasteiger partial charge is 0.325 e. The quantitative estimate of drug-likeness (QED) is 0.374. The van der Waals surface area contributed by atoms with Crippen LogP contribution >= 0.6 is 11.8 Å². The summed E-state index contributed by atoms with van der Waals surface area (Å²) in [7, 11) is -2.10. The van der Waals surface area contributed by atoms with Crippen molar-refractivity contribution in [1.29, 1.82) is 0 Å². The first-order valence-corrected chi connectivity index (χ1v) is 13.5. The highest BCUT2D eigenvalue weighted by atomic mass is 32.2. The van der Waals surface area contributed by atoms with Gasteiger partial charge in [0, 0.05) is 19.3 Å². The Hall–Kier alpha value is -3.14. The van der Waals surface area contributed by atoms with E-state index in [-0.39, 0.29) is 23.9 Å². The van der Waals surface area contributed by atoms with Crippen molar-refractivity contribution < 1.29 is 13.2 Å². The van der Waals surface area contributed by atoms with Gasteiger partial charge >= 0.3 is 0 Å². The number of rotatable bonds is 9. The monoisotopic (exact) mass is 494 g/mol. The molecule has 3 aromatic carbocycles. The Morgan fingerprint density at radius 1 is 1.00 bits per heavy atom. The van der Waals surface area contributed by atoms with Gasteiger partial charge in [0.25, 0.3) is 0 Å². The van der Waals surface area contributed by atoms with E-state index < -0.39 is 10.0 Å². The third-order valence-electron chi connectivity index (χ3n) is 5.40. The van der Waals surface area contributed by atoms with E-state index in [0.717, 1.165) is 22.4 Å². The number of sulfonamides is 1. The van der Waals surface area contributed by atoms with Crippen LogP contribution in [0.3, 0.4) is 0 Å². The van der Waals surface area contributed by atoms with Crippen molar-refractivity contribution in [3.8, 4) is 0 Å². The van der Waals surface area contributed by atoms with Crippen molar-refractivity contribution in [2.24, 2.45) is 0 Å². The van der Waals surface area contributed by atoms with Crippen molar-refractivity contribution in [2.75, 3.05) is 18.6 Å². The Morgan fingerprint density at radius 2 is 1.68 bits per heavy atom. The number of hydrogen-bond acceptors (Lipinski definition) is 5. The van der Waals surface area contributed by atoms with E-state index in [1.807, 2.05) is 65.4 Å². The van der Waals surface area contributed by atoms with Crippen LogP contribution in [0.4, 0.5) is 5.69 Å². The van der Waals surface area contributed by atoms with Gasteiger partial charge in [0.2, 0.25) is 15.9 Å². The first-order chi connectivity index (χ1) is 16.4. The number of imidazole rings is 1. The molecule has 0 spiro atoms. The van der Waals surface area contributed by atoms with Crippen molar-refractivity contribution >= 4 is 44.4 Å². The molecule has 0 saturated carbocycles. The number of carbonyl (C=O) groups is 1. The Labute approximate surface area is 203 Å². The smallest absolute Gasteiger partial charge is 0.244 e. The van der Waals surface area contributed by atoms with Gasteiger partial charge < -0.3 is 9.88 Å². The van der Waals surface area contributed by atoms with Gasteiger partial charge in [0.15, 0.2) is 0 Å². The molecule has 9 heteroatoms. The highest BCUT2D eigenvalue weighted by Crippen LogP contribution is 2.21. The number of fused-ring (bicyclic) bond motifs is 1. The lowest BCUT2D eigenvalue weighted by atomic mass is 10.2. The fourth-order valence-electron chi connectivity index (χ4n) is 3.70. The second kappa shape index (κ2) is 10.4. The Bertz CT molecular complexity index is 1380. The van der Waals surface area contributed by atoms with Crippen LogP contribution in [0.5, 0.6) is 0 Å². The van der Waals surface area contributed by atoms with Crippen LogP contribution in [0.15, 0.2) is 83.8 Å². The molecule has 0 aliphatic rings. The lowest BCUT2D eigenvalue weighted by molar-refractivity contribution is -0.116. The summed E-state index contributed by atoms with van der Waals surface area (Å²) in [5, 5.41) is 2.86. The van der Waals surface area contributed by atoms with Gasteiger partial charge in [-0.3, -0.25) is 4.79 Å². The lowest BCUT2D eigenvalue weighted by Crippen LogP contribution is -2.26. The SMILES string of the molecule is CSCc1nc2ccccc2n1CC(=O)Nc1ccc(S(=O)(=O)N(C)Cc2ccccc2)cc1. The summed E-state index contributed by atoms with van der Waals surface area (Å²) < 4.78 is 29.1. The summed E-state index contributed by atoms with van der Waals surface area (Å²) in [6, 6.07) is 23.4. The fourth-order valence-corrected chi connectivity index (χ4v) is 5.34. The predicted molar refractivity (Wildman–Crippen MR) is 137 cm³/mol. The molecule has 0 unspecified atom stereocenters. The average molecular weight is 495 g/mol. The third kappa shape index (κ3) is 5.32. The van der Waals surface area contributed by atoms with Crippen LogP contribution in [0, 0.1) is 0 Å². The Kier molecular flexibility index (Phi) is 7.35. The molecule has 1 aromatic heterocycles. The van der Waals surface area contributed by atoms with Crippen LogP contribution in [0.1, 0.15) is 11.4 Å². The number of nitrogens with zero attached hydrogens (tertiary/aromatic N) is 3. The van der Waals surface area contributed by atoms with Gasteiger partial charge in [-0.25, -0.2) is 13.4 Å². The summed E-state index contributed by atoms with van der Waals surface area (Å²) in [4.78, 5) is 17.6. The molecular weight excluding hydrogens is 468 g/mol. The van der Waals surface area contributed by atoms with Gasteiger partial charge in [-0.15, -0.1) is 0 Å². The molecule has 34 heavy (non-hydrogen) atoms. The molecule has 0 radical (unpaired) electrons. The Balaban J connectivity index is 1.45. The number of thioether (sulfide) groups is 1. The zero-order chi connectivity index (χ0) is 24.1. The van der Waals surface area contributed by atoms with E-state index in [9.17, 15) is 13.2 Å². The maximum absolute atomic E-state index is 12.9. The first-order valence-electron chi connectivity index (χ1n) is 10.7. The molecule has 4 aromatic rings. The molecule has 0 fully saturated rings. The highest BCUT2D eigenvalue weighted by molar-refractivity contribution is 7.97. The van der Waals surface area contributed by atoms with Crippen molar-refractivity contribution in [3.63, 3.8) is 0 Å². The van der Waals surface area contributed by atoms with E-state index in [0.29, 0.717) is 11.4 Å². The van der Waals surface area contributed by atoms with Crippen molar-refractivity contribution in [1.82, 2.24) is 13.9 Å². The molecule has 0 aliphatic heterocycles. The van der Waals surface area contributed by atoms with Crippen molar-refractivity contribution in [3.05, 3.63) is 90.3 Å². The maximum Gasteiger partial charge on any atom is 0.244 e. The van der Waals surface area contributed by atoms with Gasteiger partial charge in [-0.05, 0) is 48.2 Å². The average Bonchev–Trinajstić information content (AvgIpc) is 3.17. The second-order valence-corrected chi connectivity index (χ2v) is 10.8. The van der Waals surface area contributed by atoms with Gasteiger partial charge in [0.05, 0.1) is 21.7 Å². The minimum atomic E-state index is -3.65. The van der Waals surface area contributed by atoms with E-state index in [4.69, 9.17) is 0 Å². The zero-order valence-electron chi connectivity index (χ0n) is 19.0. The topological polar surface area (TPSA) is 84.3 Å². The number of nitrogens with one attached hydrogen (secondary N) is 1. The van der Waals surface area contributed by atoms with Crippen molar-refractivity contribution in [2.45, 2.75) is 23.7 Å². The number of benzene rings is 3. The van der Waals surface area contributed by atoms with Crippen LogP contribution in [-0.2, 0) is 33.7 Å². The predicted octanol–water partition coefficient (Wildman–Crippen LogP) is 4.36. The van der Waals surface area contributed by atoms with Crippen LogP contribution in [0.2, 0.25) is 0 Å². The normalized spacial score (nSPS) is 11.7. The number of amides is 1. The van der Waals surface area contributed by atoms with E-state index in [1.54, 1.807) is 30.9 Å². The molecule has 4 rings (SSSR count). The minimum Gasteiger partial charge on any atom is -0.325 e. The standard InChI is InChI=1S/C25H26N4O3S2/c1-28(16-19-8-4-3-5-9-19)34(31,32)21-14-12-20(13-15-21)26-25(30)17-29-23-11-7-6-10-22(23)27-24(29)18-33-2/h3-15H,16-18H2,1-2H3,(H,26,30). The summed E-state index contributed by atoms with van der Waals surface area (Å²) >= 11 is 1.65. The number of anilines is 1. The maximum atomic E-state index is 12.9. The highest BCUT2D eigenvalue weighted by Gasteiger charge is 2.21. The molecular formula is C25H26N4O3S2. The molecule has 1 amide bonds. The molecule has 1 heterocycles. The van der Waals surface area contributed by atoms with E-state index in [1.165, 1.54) is 16.4 Å². The summed E-state index contributed by atoms with van der Waals surface area (Å²) in [5.41, 5.74) is 3.20. The number of carbonyl (C=O) groups excluding carboxylic acids is 1. The Morgan fingerprint density at radius 3 is 2.38 bits per heavy atom. The molecule has 176 valence electrons. The number of para-hydroxylation sites is 2. The summed E-state index contributed by atoms with van der Waals surface area (Å²) in [6.45, 7) is 0.398. The summed E-state index contributed by atoms with van der Waals surface area (Å²) in [6.07, 6.45) is 2.00. The van der Waals surface area contributed by atoms with Gasteiger partial charge in [0.1, 0.15) is 12.4 Å². The second-order valence-electron chi connectivity index (χ2n) is 7.86. The molecule has 7 nitrogen and oxygen atoms in total. The molecule has 1 N–H and O–H groups in total. The lowest BCUT2D eigenvalue weighted by Gasteiger charge is -2.17. The minimum absolute atomic E-state index is 0.121. The third-order valence-corrected chi connectivity index (χ3v) is 7.77. The van der Waals surface area contributed by atoms with Crippen LogP contribution < -0.4 is 5.32 Å². The van der Waals surface area contributed by atoms with Gasteiger partial charge in [-0.1, -0.05) is 42.5 Å². The van der Waals surface area contributed by atoms with Crippen LogP contribution in [0.25, 0.3) is 11.0 Å². The first kappa shape index (κ1) is 24.0. The molecule has 0 bridgehead atoms. The number of hydrogen-bond donors (Lipinski definition) is 1. The zero-order valence-corrected chi connectivity index (χ0v) is 20.6. The van der Waals surface area contributed by atoms with E-state index >= 15 is 0 Å².